The second kappa shape index (κ2) is 6.45. The molecule has 100 valence electrons. The third-order valence-corrected chi connectivity index (χ3v) is 3.71. The smallest absolute Gasteiger partial charge is 0.239 e. The lowest BCUT2D eigenvalue weighted by Crippen LogP contribution is -2.21. The van der Waals surface area contributed by atoms with Gasteiger partial charge in [-0.05, 0) is 17.5 Å². The molecule has 0 aliphatic rings. The topological polar surface area (TPSA) is 68.0 Å². The molecule has 1 aromatic carbocycles. The van der Waals surface area contributed by atoms with Gasteiger partial charge in [0.15, 0.2) is 5.13 Å². The number of aromatic nitrogens is 1. The molecule has 0 fully saturated rings. The molecular formula is C14H17N3OS. The van der Waals surface area contributed by atoms with Gasteiger partial charge in [-0.2, -0.15) is 0 Å². The Morgan fingerprint density at radius 1 is 1.32 bits per heavy atom. The number of nitrogens with two attached hydrogens (primary N) is 1. The largest absolute Gasteiger partial charge is 0.322 e. The lowest BCUT2D eigenvalue weighted by molar-refractivity contribution is -0.114. The Kier molecular flexibility index (Phi) is 4.65. The zero-order valence-corrected chi connectivity index (χ0v) is 11.7. The Balaban J connectivity index is 2.00. The van der Waals surface area contributed by atoms with Crippen molar-refractivity contribution in [3.05, 3.63) is 46.5 Å². The lowest BCUT2D eigenvalue weighted by Gasteiger charge is -2.00. The Morgan fingerprint density at radius 3 is 2.63 bits per heavy atom. The molecule has 0 bridgehead atoms. The summed E-state index contributed by atoms with van der Waals surface area (Å²) in [6, 6.07) is 8.56. The fourth-order valence-electron chi connectivity index (χ4n) is 1.71. The van der Waals surface area contributed by atoms with Gasteiger partial charge in [-0.3, -0.25) is 4.79 Å². The van der Waals surface area contributed by atoms with Gasteiger partial charge in [0.1, 0.15) is 0 Å². The van der Waals surface area contributed by atoms with Crippen molar-refractivity contribution in [2.24, 2.45) is 5.73 Å². The quantitative estimate of drug-likeness (QED) is 0.879. The number of rotatable bonds is 5. The number of thiazole rings is 1. The van der Waals surface area contributed by atoms with Crippen molar-refractivity contribution in [1.29, 1.82) is 0 Å². The fraction of sp³-hybridized carbons (Fsp3) is 0.286. The summed E-state index contributed by atoms with van der Waals surface area (Å²) in [7, 11) is 0. The monoisotopic (exact) mass is 275 g/mol. The van der Waals surface area contributed by atoms with Gasteiger partial charge >= 0.3 is 0 Å². The summed E-state index contributed by atoms with van der Waals surface area (Å²) in [5, 5.41) is 3.27. The molecule has 1 amide bonds. The molecule has 0 spiro atoms. The second-order valence-corrected chi connectivity index (χ2v) is 5.35. The van der Waals surface area contributed by atoms with Crippen LogP contribution in [0.25, 0.3) is 0 Å². The van der Waals surface area contributed by atoms with Crippen LogP contribution in [0.5, 0.6) is 0 Å². The first kappa shape index (κ1) is 13.7. The van der Waals surface area contributed by atoms with Crippen molar-refractivity contribution < 1.29 is 4.79 Å². The van der Waals surface area contributed by atoms with Crippen LogP contribution in [-0.4, -0.2) is 17.4 Å². The van der Waals surface area contributed by atoms with E-state index in [9.17, 15) is 4.79 Å². The van der Waals surface area contributed by atoms with Crippen LogP contribution in [0.4, 0.5) is 5.13 Å². The molecule has 4 nitrogen and oxygen atoms in total. The number of nitrogens with zero attached hydrogens (tertiary/aromatic N) is 1. The SMILES string of the molecule is CCc1ccc(Cc2cnc(NC(=O)CN)s2)cc1. The summed E-state index contributed by atoms with van der Waals surface area (Å²) in [6.07, 6.45) is 3.68. The molecule has 2 rings (SSSR count). The van der Waals surface area contributed by atoms with Crippen molar-refractivity contribution in [3.8, 4) is 0 Å². The average molecular weight is 275 g/mol. The normalized spacial score (nSPS) is 10.4. The van der Waals surface area contributed by atoms with Crippen LogP contribution in [-0.2, 0) is 17.6 Å². The molecule has 0 saturated heterocycles. The summed E-state index contributed by atoms with van der Waals surface area (Å²) < 4.78 is 0. The van der Waals surface area contributed by atoms with E-state index < -0.39 is 0 Å². The molecular weight excluding hydrogens is 258 g/mol. The first-order valence-electron chi connectivity index (χ1n) is 6.23. The molecule has 0 aliphatic carbocycles. The van der Waals surface area contributed by atoms with E-state index in [1.165, 1.54) is 22.5 Å². The number of hydrogen-bond acceptors (Lipinski definition) is 4. The van der Waals surface area contributed by atoms with E-state index in [2.05, 4.69) is 41.5 Å². The Morgan fingerprint density at radius 2 is 2.00 bits per heavy atom. The summed E-state index contributed by atoms with van der Waals surface area (Å²) in [4.78, 5) is 16.4. The molecule has 1 heterocycles. The van der Waals surface area contributed by atoms with Crippen molar-refractivity contribution in [2.45, 2.75) is 19.8 Å². The highest BCUT2D eigenvalue weighted by molar-refractivity contribution is 7.15. The maximum atomic E-state index is 11.1. The molecule has 0 radical (unpaired) electrons. The van der Waals surface area contributed by atoms with Crippen molar-refractivity contribution >= 4 is 22.4 Å². The maximum Gasteiger partial charge on any atom is 0.239 e. The Hall–Kier alpha value is -1.72. The van der Waals surface area contributed by atoms with Gasteiger partial charge in [-0.25, -0.2) is 4.98 Å². The van der Waals surface area contributed by atoms with E-state index in [1.54, 1.807) is 6.20 Å². The average Bonchev–Trinajstić information content (AvgIpc) is 2.86. The van der Waals surface area contributed by atoms with E-state index in [-0.39, 0.29) is 12.5 Å². The third kappa shape index (κ3) is 3.87. The summed E-state index contributed by atoms with van der Waals surface area (Å²) in [5.74, 6) is -0.215. The molecule has 5 heteroatoms. The van der Waals surface area contributed by atoms with Gasteiger partial charge in [0.05, 0.1) is 6.54 Å². The zero-order chi connectivity index (χ0) is 13.7. The van der Waals surface area contributed by atoms with Crippen LogP contribution < -0.4 is 11.1 Å². The van der Waals surface area contributed by atoms with Crippen LogP contribution in [0.15, 0.2) is 30.5 Å². The fourth-order valence-corrected chi connectivity index (χ4v) is 2.57. The van der Waals surface area contributed by atoms with Crippen LogP contribution >= 0.6 is 11.3 Å². The molecule has 0 unspecified atom stereocenters. The maximum absolute atomic E-state index is 11.1. The summed E-state index contributed by atoms with van der Waals surface area (Å²) in [5.41, 5.74) is 7.83. The van der Waals surface area contributed by atoms with Crippen LogP contribution in [0, 0.1) is 0 Å². The first-order chi connectivity index (χ1) is 9.21. The molecule has 2 aromatic rings. The Labute approximate surface area is 116 Å². The van der Waals surface area contributed by atoms with Gasteiger partial charge in [0.25, 0.3) is 0 Å². The van der Waals surface area contributed by atoms with E-state index in [1.807, 2.05) is 0 Å². The number of hydrogen-bond donors (Lipinski definition) is 2. The van der Waals surface area contributed by atoms with E-state index in [4.69, 9.17) is 5.73 Å². The molecule has 0 atom stereocenters. The number of carbonyl (C=O) groups is 1. The summed E-state index contributed by atoms with van der Waals surface area (Å²) >= 11 is 1.48. The van der Waals surface area contributed by atoms with Crippen molar-refractivity contribution in [3.63, 3.8) is 0 Å². The lowest BCUT2D eigenvalue weighted by atomic mass is 10.1. The molecule has 0 aliphatic heterocycles. The number of benzene rings is 1. The number of anilines is 1. The molecule has 0 saturated carbocycles. The van der Waals surface area contributed by atoms with E-state index in [0.29, 0.717) is 5.13 Å². The number of aryl methyl sites for hydroxylation is 1. The van der Waals surface area contributed by atoms with E-state index in [0.717, 1.165) is 17.7 Å². The van der Waals surface area contributed by atoms with Gasteiger partial charge in [-0.1, -0.05) is 31.2 Å². The Bertz CT molecular complexity index is 548. The third-order valence-electron chi connectivity index (χ3n) is 2.79. The minimum Gasteiger partial charge on any atom is -0.322 e. The highest BCUT2D eigenvalue weighted by Gasteiger charge is 2.05. The van der Waals surface area contributed by atoms with Crippen LogP contribution in [0.3, 0.4) is 0 Å². The van der Waals surface area contributed by atoms with Crippen molar-refractivity contribution in [2.75, 3.05) is 11.9 Å². The minimum absolute atomic E-state index is 0.0204. The molecule has 3 N–H and O–H groups in total. The van der Waals surface area contributed by atoms with Gasteiger partial charge < -0.3 is 11.1 Å². The highest BCUT2D eigenvalue weighted by atomic mass is 32.1. The second-order valence-electron chi connectivity index (χ2n) is 4.23. The van der Waals surface area contributed by atoms with Crippen LogP contribution in [0.2, 0.25) is 0 Å². The highest BCUT2D eigenvalue weighted by Crippen LogP contribution is 2.21. The first-order valence-corrected chi connectivity index (χ1v) is 7.05. The minimum atomic E-state index is -0.215. The zero-order valence-electron chi connectivity index (χ0n) is 10.8. The summed E-state index contributed by atoms with van der Waals surface area (Å²) in [6.45, 7) is 2.12. The van der Waals surface area contributed by atoms with Gasteiger partial charge in [0, 0.05) is 17.5 Å². The number of nitrogens with one attached hydrogen (secondary N) is 1. The van der Waals surface area contributed by atoms with E-state index >= 15 is 0 Å². The molecule has 19 heavy (non-hydrogen) atoms. The predicted molar refractivity (Wildman–Crippen MR) is 78.4 cm³/mol. The number of amides is 1. The predicted octanol–water partition coefficient (Wildman–Crippen LogP) is 2.19. The standard InChI is InChI=1S/C14H17N3OS/c1-2-10-3-5-11(6-4-10)7-12-9-16-14(19-12)17-13(18)8-15/h3-6,9H,2,7-8,15H2,1H3,(H,16,17,18). The number of carbonyl (C=O) groups excluding carboxylic acids is 1. The van der Waals surface area contributed by atoms with Gasteiger partial charge in [-0.15, -0.1) is 11.3 Å². The van der Waals surface area contributed by atoms with Crippen LogP contribution in [0.1, 0.15) is 22.9 Å². The van der Waals surface area contributed by atoms with Crippen molar-refractivity contribution in [1.82, 2.24) is 4.98 Å². The van der Waals surface area contributed by atoms with Gasteiger partial charge in [0.2, 0.25) is 5.91 Å². The molecule has 1 aromatic heterocycles.